The van der Waals surface area contributed by atoms with Crippen molar-refractivity contribution in [2.24, 2.45) is 0 Å². The molecule has 0 fully saturated rings. The van der Waals surface area contributed by atoms with Gasteiger partial charge in [0, 0.05) is 88.6 Å². The molecule has 0 aliphatic carbocycles. The Kier molecular flexibility index (Phi) is 16.1. The fraction of sp³-hybridized carbons (Fsp3) is 0.0123. The van der Waals surface area contributed by atoms with Crippen LogP contribution in [0.3, 0.4) is 0 Å². The van der Waals surface area contributed by atoms with Gasteiger partial charge in [0.1, 0.15) is 0 Å². The zero-order chi connectivity index (χ0) is 58.5. The third-order valence-electron chi connectivity index (χ3n) is 15.9. The molecule has 16 aromatic rings. The van der Waals surface area contributed by atoms with E-state index in [0.29, 0.717) is 0 Å². The van der Waals surface area contributed by atoms with Crippen LogP contribution >= 0.6 is 15.9 Å². The van der Waals surface area contributed by atoms with Crippen molar-refractivity contribution in [3.8, 4) is 11.4 Å². The third kappa shape index (κ3) is 11.5. The third-order valence-corrected chi connectivity index (χ3v) is 16.4. The maximum atomic E-state index is 5.36. The van der Waals surface area contributed by atoms with E-state index in [0.717, 1.165) is 78.1 Å². The molecule has 2 aromatic heterocycles. The summed E-state index contributed by atoms with van der Waals surface area (Å²) < 4.78 is 5.82. The minimum atomic E-state index is 0. The van der Waals surface area contributed by atoms with E-state index >= 15 is 0 Å². The van der Waals surface area contributed by atoms with Crippen LogP contribution in [0.15, 0.2) is 344 Å². The highest BCUT2D eigenvalue weighted by molar-refractivity contribution is 9.10. The van der Waals surface area contributed by atoms with Crippen LogP contribution in [0.1, 0.15) is 7.43 Å². The van der Waals surface area contributed by atoms with Gasteiger partial charge in [0.15, 0.2) is 0 Å². The molecule has 2 heterocycles. The van der Waals surface area contributed by atoms with Crippen LogP contribution < -0.4 is 20.9 Å². The summed E-state index contributed by atoms with van der Waals surface area (Å²) in [5, 5.41) is 13.4. The van der Waals surface area contributed by atoms with Crippen LogP contribution in [0.2, 0.25) is 0 Å². The fourth-order valence-electron chi connectivity index (χ4n) is 11.9. The maximum absolute atomic E-state index is 5.36. The summed E-state index contributed by atoms with van der Waals surface area (Å²) in [6, 6.07) is 120. The lowest BCUT2D eigenvalue weighted by atomic mass is 10.1. The number of hydrogen-bond donors (Lipinski definition) is 2. The molecule has 88 heavy (non-hydrogen) atoms. The number of aromatic nitrogens is 2. The number of halogens is 1. The number of nitrogens with one attached hydrogen (secondary N) is 1. The van der Waals surface area contributed by atoms with Gasteiger partial charge in [0.25, 0.3) is 0 Å². The summed E-state index contributed by atoms with van der Waals surface area (Å²) in [5.41, 5.74) is 22.0. The number of para-hydroxylation sites is 6. The quantitative estimate of drug-likeness (QED) is 0.134. The van der Waals surface area contributed by atoms with E-state index in [9.17, 15) is 0 Å². The highest BCUT2D eigenvalue weighted by Gasteiger charge is 2.20. The average molecular weight is 1200 g/mol. The molecule has 0 saturated carbocycles. The molecule has 6 nitrogen and oxygen atoms in total. The van der Waals surface area contributed by atoms with E-state index in [1.54, 1.807) is 0 Å². The Morgan fingerprint density at radius 2 is 0.614 bits per heavy atom. The standard InChI is InChI=1S/C40H29N3.C34H23BrN2.C6H7N.CH4/c1-4-14-31(15-5-1)41-32-21-24-37-38-25-23-36(28-40(38)43(39(37)27-32)34-18-8-3-9-19-34)42(33-16-6-2-7-17-33)35-22-20-29-12-10-11-13-30(29)26-35;35-26-16-19-31-32-20-18-30(23-34(32)37(33(31)22-26)28-13-5-2-6-14-28)36(27-11-3-1-4-12-27)29-17-15-24-9-7-8-10-25(24)21-29;7-6-4-2-1-3-5-6;/h1-28,41H;1-23H;1-5H,7H2;1H4. The lowest BCUT2D eigenvalue weighted by molar-refractivity contribution is 1.18. The van der Waals surface area contributed by atoms with Crippen LogP contribution in [0, 0.1) is 0 Å². The van der Waals surface area contributed by atoms with Gasteiger partial charge in [-0.1, -0.05) is 217 Å². The summed E-state index contributed by atoms with van der Waals surface area (Å²) >= 11 is 3.69. The number of nitrogens with zero attached hydrogens (tertiary/aromatic N) is 4. The number of hydrogen-bond acceptors (Lipinski definition) is 4. The lowest BCUT2D eigenvalue weighted by Crippen LogP contribution is -2.10. The van der Waals surface area contributed by atoms with E-state index in [2.05, 4.69) is 343 Å². The summed E-state index contributed by atoms with van der Waals surface area (Å²) in [4.78, 5) is 4.69. The largest absolute Gasteiger partial charge is 0.399 e. The molecule has 0 aliphatic rings. The van der Waals surface area contributed by atoms with Crippen molar-refractivity contribution in [3.05, 3.63) is 344 Å². The van der Waals surface area contributed by atoms with Gasteiger partial charge < -0.3 is 30.0 Å². The Morgan fingerprint density at radius 1 is 0.273 bits per heavy atom. The topological polar surface area (TPSA) is 54.4 Å². The highest BCUT2D eigenvalue weighted by atomic mass is 79.9. The number of nitrogens with two attached hydrogens (primary N) is 1. The van der Waals surface area contributed by atoms with Crippen LogP contribution in [-0.2, 0) is 0 Å². The zero-order valence-corrected chi connectivity index (χ0v) is 49.2. The molecule has 14 aromatic carbocycles. The SMILES string of the molecule is Brc1ccc2c3ccc(N(c4ccccc4)c4ccc5ccccc5c4)cc3n(-c3ccccc3)c2c1.C.Nc1ccccc1.c1ccc(Nc2ccc3c4ccc(N(c5ccccc5)c5ccc6ccccc6c5)cc4n(-c4ccccc4)c3c2)cc1. The molecule has 0 radical (unpaired) electrons. The molecule has 0 bridgehead atoms. The van der Waals surface area contributed by atoms with Gasteiger partial charge in [-0.3, -0.25) is 0 Å². The number of fused-ring (bicyclic) bond motifs is 8. The van der Waals surface area contributed by atoms with Gasteiger partial charge in [0.05, 0.1) is 22.1 Å². The van der Waals surface area contributed by atoms with Crippen LogP contribution in [0.25, 0.3) is 76.5 Å². The molecule has 0 spiro atoms. The van der Waals surface area contributed by atoms with Crippen molar-refractivity contribution < 1.29 is 0 Å². The Balaban J connectivity index is 0.000000146. The normalized spacial score (nSPS) is 11.0. The van der Waals surface area contributed by atoms with Gasteiger partial charge in [-0.15, -0.1) is 0 Å². The van der Waals surface area contributed by atoms with Crippen LogP contribution in [0.5, 0.6) is 0 Å². The Hall–Kier alpha value is -11.1. The van der Waals surface area contributed by atoms with Crippen LogP contribution in [0.4, 0.5) is 51.2 Å². The fourth-order valence-corrected chi connectivity index (χ4v) is 12.2. The maximum Gasteiger partial charge on any atom is 0.0561 e. The van der Waals surface area contributed by atoms with Crippen molar-refractivity contribution in [1.82, 2.24) is 9.13 Å². The molecule has 3 N–H and O–H groups in total. The molecule has 0 saturated heterocycles. The van der Waals surface area contributed by atoms with E-state index in [-0.39, 0.29) is 7.43 Å². The summed E-state index contributed by atoms with van der Waals surface area (Å²) in [7, 11) is 0. The molecular formula is C81H63BrN6. The second-order valence-electron chi connectivity index (χ2n) is 21.4. The van der Waals surface area contributed by atoms with Crippen molar-refractivity contribution in [1.29, 1.82) is 0 Å². The number of anilines is 9. The Morgan fingerprint density at radius 3 is 1.06 bits per heavy atom. The molecule has 0 amide bonds. The Labute approximate surface area is 522 Å². The summed E-state index contributed by atoms with van der Waals surface area (Å²) in [5.74, 6) is 0. The van der Waals surface area contributed by atoms with Crippen molar-refractivity contribution in [3.63, 3.8) is 0 Å². The monoisotopic (exact) mass is 1200 g/mol. The van der Waals surface area contributed by atoms with Gasteiger partial charge in [-0.25, -0.2) is 0 Å². The summed E-state index contributed by atoms with van der Waals surface area (Å²) in [6.07, 6.45) is 0. The van der Waals surface area contributed by atoms with Gasteiger partial charge in [-0.05, 0) is 167 Å². The second-order valence-corrected chi connectivity index (χ2v) is 22.4. The summed E-state index contributed by atoms with van der Waals surface area (Å²) in [6.45, 7) is 0. The average Bonchev–Trinajstić information content (AvgIpc) is 1.68. The van der Waals surface area contributed by atoms with E-state index < -0.39 is 0 Å². The van der Waals surface area contributed by atoms with Crippen molar-refractivity contribution in [2.45, 2.75) is 7.43 Å². The first-order valence-corrected chi connectivity index (χ1v) is 30.0. The first-order valence-electron chi connectivity index (χ1n) is 29.2. The van der Waals surface area contributed by atoms with Gasteiger partial charge in [-0.2, -0.15) is 0 Å². The molecule has 0 aliphatic heterocycles. The minimum absolute atomic E-state index is 0. The second kappa shape index (κ2) is 25.2. The smallest absolute Gasteiger partial charge is 0.0561 e. The number of nitrogen functional groups attached to an aromatic ring is 1. The van der Waals surface area contributed by atoms with Crippen LogP contribution in [-0.4, -0.2) is 9.13 Å². The first kappa shape index (κ1) is 56.0. The number of rotatable bonds is 10. The van der Waals surface area contributed by atoms with E-state index in [1.165, 1.54) is 54.1 Å². The van der Waals surface area contributed by atoms with E-state index in [1.807, 2.05) is 36.4 Å². The first-order chi connectivity index (χ1) is 43.0. The molecule has 16 rings (SSSR count). The molecule has 0 unspecified atom stereocenters. The predicted octanol–water partition coefficient (Wildman–Crippen LogP) is 23.2. The molecular weight excluding hydrogens is 1140 g/mol. The lowest BCUT2D eigenvalue weighted by Gasteiger charge is -2.26. The minimum Gasteiger partial charge on any atom is -0.399 e. The van der Waals surface area contributed by atoms with E-state index in [4.69, 9.17) is 5.73 Å². The highest BCUT2D eigenvalue weighted by Crippen LogP contribution is 2.43. The molecule has 0 atom stereocenters. The van der Waals surface area contributed by atoms with Gasteiger partial charge in [0.2, 0.25) is 0 Å². The zero-order valence-electron chi connectivity index (χ0n) is 47.6. The molecule has 7 heteroatoms. The molecule has 424 valence electrons. The van der Waals surface area contributed by atoms with Crippen molar-refractivity contribution in [2.75, 3.05) is 20.9 Å². The Bertz CT molecular complexity index is 5030. The number of benzene rings is 14. The predicted molar refractivity (Wildman–Crippen MR) is 381 cm³/mol. The van der Waals surface area contributed by atoms with Crippen molar-refractivity contribution >= 4 is 132 Å². The van der Waals surface area contributed by atoms with Gasteiger partial charge >= 0.3 is 0 Å².